The smallest absolute Gasteiger partial charge is 0.208 e. The van der Waals surface area contributed by atoms with Crippen molar-refractivity contribution in [2.75, 3.05) is 0 Å². The van der Waals surface area contributed by atoms with Crippen molar-refractivity contribution < 1.29 is 8.42 Å². The van der Waals surface area contributed by atoms with E-state index in [0.29, 0.717) is 9.37 Å². The van der Waals surface area contributed by atoms with Crippen LogP contribution in [0, 0.1) is 12.3 Å². The van der Waals surface area contributed by atoms with Crippen LogP contribution in [0.15, 0.2) is 27.6 Å². The molecule has 0 amide bonds. The molecule has 0 aliphatic heterocycles. The Bertz CT molecular complexity index is 581. The summed E-state index contributed by atoms with van der Waals surface area (Å²) in [5.74, 6) is 0. The molecular formula is C14H20BrNO2S. The van der Waals surface area contributed by atoms with Gasteiger partial charge in [0.05, 0.1) is 4.90 Å². The van der Waals surface area contributed by atoms with E-state index in [1.807, 2.05) is 19.1 Å². The van der Waals surface area contributed by atoms with Gasteiger partial charge in [-0.25, -0.2) is 13.1 Å². The van der Waals surface area contributed by atoms with E-state index in [2.05, 4.69) is 34.5 Å². The number of nitrogens with one attached hydrogen (secondary N) is 1. The molecule has 1 aromatic carbocycles. The largest absolute Gasteiger partial charge is 0.241 e. The minimum Gasteiger partial charge on any atom is -0.208 e. The Kier molecular flexibility index (Phi) is 4.10. The van der Waals surface area contributed by atoms with Crippen molar-refractivity contribution in [1.82, 2.24) is 4.72 Å². The van der Waals surface area contributed by atoms with Crippen LogP contribution in [0.3, 0.4) is 0 Å². The fourth-order valence-electron chi connectivity index (χ4n) is 2.64. The summed E-state index contributed by atoms with van der Waals surface area (Å²) in [5.41, 5.74) is 1.27. The quantitative estimate of drug-likeness (QED) is 0.909. The van der Waals surface area contributed by atoms with Gasteiger partial charge in [0.2, 0.25) is 10.0 Å². The molecule has 0 bridgehead atoms. The second kappa shape index (κ2) is 5.19. The number of rotatable bonds is 3. The number of hydrogen-bond acceptors (Lipinski definition) is 2. The van der Waals surface area contributed by atoms with Gasteiger partial charge in [0.1, 0.15) is 0 Å². The zero-order chi connectivity index (χ0) is 14.3. The standard InChI is InChI=1S/C14H20BrNO2S/c1-10-4-5-13(12(15)8-10)19(17,18)16-11-6-7-14(2,3)9-11/h4-5,8,11,16H,6-7,9H2,1-3H3. The number of aryl methyl sites for hydroxylation is 1. The van der Waals surface area contributed by atoms with Crippen molar-refractivity contribution in [2.45, 2.75) is 51.0 Å². The van der Waals surface area contributed by atoms with E-state index in [0.717, 1.165) is 24.8 Å². The number of halogens is 1. The van der Waals surface area contributed by atoms with Crippen molar-refractivity contribution >= 4 is 26.0 Å². The Morgan fingerprint density at radius 1 is 1.37 bits per heavy atom. The van der Waals surface area contributed by atoms with Crippen molar-refractivity contribution in [2.24, 2.45) is 5.41 Å². The van der Waals surface area contributed by atoms with Crippen LogP contribution < -0.4 is 4.72 Å². The summed E-state index contributed by atoms with van der Waals surface area (Å²) < 4.78 is 28.2. The van der Waals surface area contributed by atoms with Gasteiger partial charge >= 0.3 is 0 Å². The third-order valence-electron chi connectivity index (χ3n) is 3.67. The summed E-state index contributed by atoms with van der Waals surface area (Å²) in [5, 5.41) is 0. The lowest BCUT2D eigenvalue weighted by Crippen LogP contribution is -2.33. The Morgan fingerprint density at radius 3 is 2.58 bits per heavy atom. The molecule has 0 saturated heterocycles. The topological polar surface area (TPSA) is 46.2 Å². The highest BCUT2D eigenvalue weighted by Gasteiger charge is 2.33. The molecule has 0 radical (unpaired) electrons. The van der Waals surface area contributed by atoms with Crippen molar-refractivity contribution in [1.29, 1.82) is 0 Å². The molecule has 1 N–H and O–H groups in total. The van der Waals surface area contributed by atoms with Crippen LogP contribution in [0.5, 0.6) is 0 Å². The van der Waals surface area contributed by atoms with Gasteiger partial charge in [0.25, 0.3) is 0 Å². The van der Waals surface area contributed by atoms with Crippen LogP contribution in [0.25, 0.3) is 0 Å². The molecule has 1 fully saturated rings. The lowest BCUT2D eigenvalue weighted by molar-refractivity contribution is 0.372. The fraction of sp³-hybridized carbons (Fsp3) is 0.571. The van der Waals surface area contributed by atoms with Gasteiger partial charge in [-0.05, 0) is 65.2 Å². The summed E-state index contributed by atoms with van der Waals surface area (Å²) >= 11 is 3.34. The predicted octanol–water partition coefficient (Wildman–Crippen LogP) is 3.61. The predicted molar refractivity (Wildman–Crippen MR) is 80.6 cm³/mol. The molecule has 106 valence electrons. The Labute approximate surface area is 124 Å². The lowest BCUT2D eigenvalue weighted by Gasteiger charge is -2.18. The zero-order valence-corrected chi connectivity index (χ0v) is 13.9. The summed E-state index contributed by atoms with van der Waals surface area (Å²) in [6.45, 7) is 6.31. The lowest BCUT2D eigenvalue weighted by atomic mass is 9.92. The average Bonchev–Trinajstić information content (AvgIpc) is 2.56. The van der Waals surface area contributed by atoms with Crippen LogP contribution in [-0.2, 0) is 10.0 Å². The third kappa shape index (κ3) is 3.58. The second-order valence-electron chi connectivity index (χ2n) is 6.16. The normalized spacial score (nSPS) is 22.6. The maximum Gasteiger partial charge on any atom is 0.241 e. The van der Waals surface area contributed by atoms with Gasteiger partial charge in [0.15, 0.2) is 0 Å². The first-order valence-electron chi connectivity index (χ1n) is 6.48. The van der Waals surface area contributed by atoms with Crippen LogP contribution in [0.4, 0.5) is 0 Å². The first kappa shape index (κ1) is 15.0. The number of sulfonamides is 1. The van der Waals surface area contributed by atoms with Gasteiger partial charge in [-0.2, -0.15) is 0 Å². The minimum atomic E-state index is -3.44. The third-order valence-corrected chi connectivity index (χ3v) is 6.16. The van der Waals surface area contributed by atoms with Crippen LogP contribution >= 0.6 is 15.9 Å². The molecule has 0 spiro atoms. The maximum absolute atomic E-state index is 12.4. The highest BCUT2D eigenvalue weighted by atomic mass is 79.9. The number of benzene rings is 1. The van der Waals surface area contributed by atoms with Crippen molar-refractivity contribution in [3.05, 3.63) is 28.2 Å². The van der Waals surface area contributed by atoms with E-state index in [1.165, 1.54) is 0 Å². The first-order valence-corrected chi connectivity index (χ1v) is 8.76. The molecule has 0 heterocycles. The van der Waals surface area contributed by atoms with Crippen molar-refractivity contribution in [3.63, 3.8) is 0 Å². The molecule has 1 aromatic rings. The SMILES string of the molecule is Cc1ccc(S(=O)(=O)NC2CCC(C)(C)C2)c(Br)c1. The van der Waals surface area contributed by atoms with Crippen molar-refractivity contribution in [3.8, 4) is 0 Å². The maximum atomic E-state index is 12.4. The highest BCUT2D eigenvalue weighted by molar-refractivity contribution is 9.10. The molecule has 5 heteroatoms. The Balaban J connectivity index is 2.19. The molecular weight excluding hydrogens is 326 g/mol. The first-order chi connectivity index (χ1) is 8.70. The van der Waals surface area contributed by atoms with E-state index >= 15 is 0 Å². The Morgan fingerprint density at radius 2 is 2.05 bits per heavy atom. The summed E-state index contributed by atoms with van der Waals surface area (Å²) in [6, 6.07) is 5.35. The zero-order valence-electron chi connectivity index (χ0n) is 11.5. The molecule has 2 rings (SSSR count). The molecule has 1 atom stereocenters. The highest BCUT2D eigenvalue weighted by Crippen LogP contribution is 2.37. The fourth-order valence-corrected chi connectivity index (χ4v) is 5.11. The van der Waals surface area contributed by atoms with Gasteiger partial charge in [-0.15, -0.1) is 0 Å². The Hall–Kier alpha value is -0.390. The van der Waals surface area contributed by atoms with Crippen LogP contribution in [-0.4, -0.2) is 14.5 Å². The van der Waals surface area contributed by atoms with E-state index in [4.69, 9.17) is 0 Å². The molecule has 1 unspecified atom stereocenters. The molecule has 1 saturated carbocycles. The van der Waals surface area contributed by atoms with Gasteiger partial charge < -0.3 is 0 Å². The molecule has 0 aromatic heterocycles. The van der Waals surface area contributed by atoms with Crippen LogP contribution in [0.1, 0.15) is 38.7 Å². The van der Waals surface area contributed by atoms with E-state index in [1.54, 1.807) is 6.07 Å². The summed E-state index contributed by atoms with van der Waals surface area (Å²) in [4.78, 5) is 0.322. The van der Waals surface area contributed by atoms with Gasteiger partial charge in [-0.1, -0.05) is 19.9 Å². The molecule has 3 nitrogen and oxygen atoms in total. The average molecular weight is 346 g/mol. The minimum absolute atomic E-state index is 0.0493. The molecule has 1 aliphatic carbocycles. The number of hydrogen-bond donors (Lipinski definition) is 1. The van der Waals surface area contributed by atoms with Gasteiger partial charge in [-0.3, -0.25) is 0 Å². The monoisotopic (exact) mass is 345 g/mol. The molecule has 1 aliphatic rings. The second-order valence-corrected chi connectivity index (χ2v) is 8.70. The van der Waals surface area contributed by atoms with Gasteiger partial charge in [0, 0.05) is 10.5 Å². The van der Waals surface area contributed by atoms with E-state index < -0.39 is 10.0 Å². The summed E-state index contributed by atoms with van der Waals surface area (Å²) in [7, 11) is -3.44. The molecule has 19 heavy (non-hydrogen) atoms. The summed E-state index contributed by atoms with van der Waals surface area (Å²) in [6.07, 6.45) is 2.88. The van der Waals surface area contributed by atoms with E-state index in [9.17, 15) is 8.42 Å². The van der Waals surface area contributed by atoms with E-state index in [-0.39, 0.29) is 11.5 Å². The van der Waals surface area contributed by atoms with Crippen LogP contribution in [0.2, 0.25) is 0 Å².